The summed E-state index contributed by atoms with van der Waals surface area (Å²) in [7, 11) is 0. The zero-order valence-corrected chi connectivity index (χ0v) is 12.8. The Hall–Kier alpha value is -0.120. The van der Waals surface area contributed by atoms with Crippen LogP contribution in [0.4, 0.5) is 0 Å². The average Bonchev–Trinajstić information content (AvgIpc) is 2.28. The second-order valence-electron chi connectivity index (χ2n) is 6.80. The van der Waals surface area contributed by atoms with Gasteiger partial charge in [-0.05, 0) is 45.4 Å². The number of hydrogen-bond donors (Lipinski definition) is 1. The molecule has 0 radical (unpaired) electrons. The Morgan fingerprint density at radius 1 is 1.22 bits per heavy atom. The summed E-state index contributed by atoms with van der Waals surface area (Å²) in [5.74, 6) is 1.24. The highest BCUT2D eigenvalue weighted by molar-refractivity contribution is 4.75. The van der Waals surface area contributed by atoms with Gasteiger partial charge in [-0.1, -0.05) is 13.8 Å². The summed E-state index contributed by atoms with van der Waals surface area (Å²) in [5, 5.41) is 3.54. The van der Waals surface area contributed by atoms with E-state index in [2.05, 4.69) is 39.9 Å². The molecule has 0 saturated carbocycles. The zero-order chi connectivity index (χ0) is 13.6. The minimum Gasteiger partial charge on any atom is -0.381 e. The molecule has 3 nitrogen and oxygen atoms in total. The standard InChI is InChI=1S/C15H31NO2/c1-12(2)14(10-16-15(3,4)5)18-11-13-6-8-17-9-7-13/h12-14,16H,6-11H2,1-5H3. The maximum absolute atomic E-state index is 6.12. The van der Waals surface area contributed by atoms with Gasteiger partial charge in [-0.15, -0.1) is 0 Å². The third-order valence-electron chi connectivity index (χ3n) is 3.46. The highest BCUT2D eigenvalue weighted by Gasteiger charge is 2.20. The number of hydrogen-bond acceptors (Lipinski definition) is 3. The average molecular weight is 257 g/mol. The van der Waals surface area contributed by atoms with Gasteiger partial charge >= 0.3 is 0 Å². The van der Waals surface area contributed by atoms with Crippen LogP contribution in [0.3, 0.4) is 0 Å². The van der Waals surface area contributed by atoms with Crippen LogP contribution in [-0.4, -0.2) is 38.0 Å². The predicted molar refractivity (Wildman–Crippen MR) is 75.9 cm³/mol. The van der Waals surface area contributed by atoms with Crippen LogP contribution in [0, 0.1) is 11.8 Å². The molecule has 3 heteroatoms. The molecule has 18 heavy (non-hydrogen) atoms. The molecular formula is C15H31NO2. The molecule has 0 spiro atoms. The van der Waals surface area contributed by atoms with Crippen LogP contribution in [-0.2, 0) is 9.47 Å². The summed E-state index contributed by atoms with van der Waals surface area (Å²) in [6, 6.07) is 0. The monoisotopic (exact) mass is 257 g/mol. The first kappa shape index (κ1) is 15.9. The molecule has 1 rings (SSSR count). The van der Waals surface area contributed by atoms with Crippen molar-refractivity contribution in [1.29, 1.82) is 0 Å². The normalized spacial score (nSPS) is 20.3. The van der Waals surface area contributed by atoms with Crippen molar-refractivity contribution in [3.63, 3.8) is 0 Å². The molecule has 0 aromatic rings. The molecular weight excluding hydrogens is 226 g/mol. The lowest BCUT2D eigenvalue weighted by Gasteiger charge is -2.30. The van der Waals surface area contributed by atoms with Crippen molar-refractivity contribution in [2.45, 2.75) is 59.1 Å². The SMILES string of the molecule is CC(C)C(CNC(C)(C)C)OCC1CCOCC1. The van der Waals surface area contributed by atoms with Gasteiger partial charge in [-0.25, -0.2) is 0 Å². The molecule has 1 unspecified atom stereocenters. The van der Waals surface area contributed by atoms with Gasteiger partial charge in [0.05, 0.1) is 12.7 Å². The van der Waals surface area contributed by atoms with Crippen molar-refractivity contribution in [3.8, 4) is 0 Å². The Kier molecular flexibility index (Phi) is 6.61. The maximum Gasteiger partial charge on any atom is 0.0722 e. The lowest BCUT2D eigenvalue weighted by molar-refractivity contribution is -0.0280. The summed E-state index contributed by atoms with van der Waals surface area (Å²) in [4.78, 5) is 0. The van der Waals surface area contributed by atoms with Crippen LogP contribution in [0.1, 0.15) is 47.5 Å². The van der Waals surface area contributed by atoms with E-state index < -0.39 is 0 Å². The lowest BCUT2D eigenvalue weighted by Crippen LogP contribution is -2.43. The van der Waals surface area contributed by atoms with Gasteiger partial charge in [0.15, 0.2) is 0 Å². The van der Waals surface area contributed by atoms with Gasteiger partial charge in [0.2, 0.25) is 0 Å². The van der Waals surface area contributed by atoms with Crippen molar-refractivity contribution in [3.05, 3.63) is 0 Å². The summed E-state index contributed by atoms with van der Waals surface area (Å²) < 4.78 is 11.5. The van der Waals surface area contributed by atoms with Crippen LogP contribution in [0.15, 0.2) is 0 Å². The zero-order valence-electron chi connectivity index (χ0n) is 12.8. The van der Waals surface area contributed by atoms with Crippen LogP contribution < -0.4 is 5.32 Å². The summed E-state index contributed by atoms with van der Waals surface area (Å²) in [6.45, 7) is 14.7. The van der Waals surface area contributed by atoms with E-state index >= 15 is 0 Å². The third kappa shape index (κ3) is 6.72. The number of ether oxygens (including phenoxy) is 2. The molecule has 1 atom stereocenters. The van der Waals surface area contributed by atoms with Gasteiger partial charge in [0.25, 0.3) is 0 Å². The Bertz CT molecular complexity index is 217. The first-order valence-electron chi connectivity index (χ1n) is 7.33. The van der Waals surface area contributed by atoms with E-state index in [4.69, 9.17) is 9.47 Å². The quantitative estimate of drug-likeness (QED) is 0.793. The molecule has 0 aliphatic carbocycles. The van der Waals surface area contributed by atoms with E-state index in [-0.39, 0.29) is 5.54 Å². The fourth-order valence-corrected chi connectivity index (χ4v) is 2.07. The molecule has 1 heterocycles. The topological polar surface area (TPSA) is 30.5 Å². The van der Waals surface area contributed by atoms with E-state index in [1.165, 1.54) is 0 Å². The molecule has 1 aliphatic heterocycles. The predicted octanol–water partition coefficient (Wildman–Crippen LogP) is 2.84. The highest BCUT2D eigenvalue weighted by atomic mass is 16.5. The minimum atomic E-state index is 0.162. The Balaban J connectivity index is 2.28. The smallest absolute Gasteiger partial charge is 0.0722 e. The maximum atomic E-state index is 6.12. The number of rotatable bonds is 6. The molecule has 108 valence electrons. The van der Waals surface area contributed by atoms with Gasteiger partial charge < -0.3 is 14.8 Å². The van der Waals surface area contributed by atoms with Crippen molar-refractivity contribution in [2.75, 3.05) is 26.4 Å². The molecule has 0 amide bonds. The fraction of sp³-hybridized carbons (Fsp3) is 1.00. The minimum absolute atomic E-state index is 0.162. The van der Waals surface area contributed by atoms with E-state index in [9.17, 15) is 0 Å². The van der Waals surface area contributed by atoms with Crippen LogP contribution in [0.2, 0.25) is 0 Å². The largest absolute Gasteiger partial charge is 0.381 e. The summed E-state index contributed by atoms with van der Waals surface area (Å²) in [5.41, 5.74) is 0.162. The Morgan fingerprint density at radius 3 is 2.33 bits per heavy atom. The van der Waals surface area contributed by atoms with Crippen molar-refractivity contribution in [2.24, 2.45) is 11.8 Å². The molecule has 1 fully saturated rings. The fourth-order valence-electron chi connectivity index (χ4n) is 2.07. The molecule has 0 aromatic heterocycles. The summed E-state index contributed by atoms with van der Waals surface area (Å²) >= 11 is 0. The highest BCUT2D eigenvalue weighted by Crippen LogP contribution is 2.17. The first-order valence-corrected chi connectivity index (χ1v) is 7.33. The molecule has 1 N–H and O–H groups in total. The molecule has 0 aromatic carbocycles. The van der Waals surface area contributed by atoms with Crippen LogP contribution >= 0.6 is 0 Å². The van der Waals surface area contributed by atoms with E-state index in [1.54, 1.807) is 0 Å². The molecule has 1 aliphatic rings. The van der Waals surface area contributed by atoms with Gasteiger partial charge in [-0.2, -0.15) is 0 Å². The van der Waals surface area contributed by atoms with E-state index in [1.807, 2.05) is 0 Å². The van der Waals surface area contributed by atoms with Gasteiger partial charge in [0, 0.05) is 25.3 Å². The lowest BCUT2D eigenvalue weighted by atomic mass is 10.0. The van der Waals surface area contributed by atoms with Crippen LogP contribution in [0.25, 0.3) is 0 Å². The first-order chi connectivity index (χ1) is 8.38. The summed E-state index contributed by atoms with van der Waals surface area (Å²) in [6.07, 6.45) is 2.61. The van der Waals surface area contributed by atoms with Crippen molar-refractivity contribution >= 4 is 0 Å². The van der Waals surface area contributed by atoms with Gasteiger partial charge in [0.1, 0.15) is 0 Å². The van der Waals surface area contributed by atoms with Crippen LogP contribution in [0.5, 0.6) is 0 Å². The van der Waals surface area contributed by atoms with E-state index in [0.717, 1.165) is 39.2 Å². The number of nitrogens with one attached hydrogen (secondary N) is 1. The van der Waals surface area contributed by atoms with Crippen molar-refractivity contribution in [1.82, 2.24) is 5.32 Å². The Morgan fingerprint density at radius 2 is 1.83 bits per heavy atom. The second kappa shape index (κ2) is 7.46. The second-order valence-corrected chi connectivity index (χ2v) is 6.80. The van der Waals surface area contributed by atoms with E-state index in [0.29, 0.717) is 17.9 Å². The van der Waals surface area contributed by atoms with Gasteiger partial charge in [-0.3, -0.25) is 0 Å². The molecule has 1 saturated heterocycles. The van der Waals surface area contributed by atoms with Crippen molar-refractivity contribution < 1.29 is 9.47 Å². The Labute approximate surface area is 113 Å². The third-order valence-corrected chi connectivity index (χ3v) is 3.46. The molecule has 0 bridgehead atoms.